The van der Waals surface area contributed by atoms with E-state index in [2.05, 4.69) is 20.3 Å². The van der Waals surface area contributed by atoms with E-state index in [4.69, 9.17) is 0 Å². The fraction of sp³-hybridized carbons (Fsp3) is 0.778. The van der Waals surface area contributed by atoms with Gasteiger partial charge in [0.2, 0.25) is 0 Å². The molecule has 0 bridgehead atoms. The third kappa shape index (κ3) is 6.78. The van der Waals surface area contributed by atoms with Crippen molar-refractivity contribution in [3.8, 4) is 0 Å². The summed E-state index contributed by atoms with van der Waals surface area (Å²) in [6.45, 7) is 7.98. The second-order valence-electron chi connectivity index (χ2n) is 7.22. The Morgan fingerprint density at radius 2 is 2.04 bits per heavy atom. The van der Waals surface area contributed by atoms with Crippen molar-refractivity contribution in [1.82, 2.24) is 24.9 Å². The van der Waals surface area contributed by atoms with Gasteiger partial charge in [0.1, 0.15) is 0 Å². The lowest BCUT2D eigenvalue weighted by molar-refractivity contribution is -0.146. The van der Waals surface area contributed by atoms with Crippen LogP contribution in [0.15, 0.2) is 4.99 Å². The SMILES string of the molecule is CCN(CC1CCN(C(=NC)NCc2c(C)nn(C)c2C)C1)CC(F)(F)F.I. The average Bonchev–Trinajstić information content (AvgIpc) is 3.13. The van der Waals surface area contributed by atoms with Crippen LogP contribution in [-0.4, -0.2) is 71.5 Å². The van der Waals surface area contributed by atoms with Gasteiger partial charge in [-0.05, 0) is 32.7 Å². The first-order chi connectivity index (χ1) is 12.6. The second kappa shape index (κ2) is 10.7. The number of rotatable bonds is 6. The molecule has 2 rings (SSSR count). The number of aryl methyl sites for hydroxylation is 2. The third-order valence-electron chi connectivity index (χ3n) is 5.25. The summed E-state index contributed by atoms with van der Waals surface area (Å²) in [4.78, 5) is 7.97. The molecule has 0 aliphatic carbocycles. The summed E-state index contributed by atoms with van der Waals surface area (Å²) in [5, 5.41) is 7.80. The molecule has 28 heavy (non-hydrogen) atoms. The van der Waals surface area contributed by atoms with Crippen LogP contribution in [0.1, 0.15) is 30.3 Å². The molecule has 1 aromatic heterocycles. The molecule has 0 amide bonds. The summed E-state index contributed by atoms with van der Waals surface area (Å²) in [5.74, 6) is 1.01. The number of aliphatic imine (C=N–C) groups is 1. The average molecular weight is 516 g/mol. The van der Waals surface area contributed by atoms with Gasteiger partial charge < -0.3 is 10.2 Å². The monoisotopic (exact) mass is 516 g/mol. The van der Waals surface area contributed by atoms with Crippen molar-refractivity contribution in [3.63, 3.8) is 0 Å². The molecule has 1 atom stereocenters. The molecule has 1 aliphatic heterocycles. The van der Waals surface area contributed by atoms with Gasteiger partial charge >= 0.3 is 6.18 Å². The van der Waals surface area contributed by atoms with E-state index in [9.17, 15) is 13.2 Å². The molecule has 1 N–H and O–H groups in total. The van der Waals surface area contributed by atoms with Crippen LogP contribution in [0.4, 0.5) is 13.2 Å². The number of alkyl halides is 3. The van der Waals surface area contributed by atoms with Crippen molar-refractivity contribution in [2.24, 2.45) is 18.0 Å². The molecule has 6 nitrogen and oxygen atoms in total. The molecule has 1 aliphatic rings. The second-order valence-corrected chi connectivity index (χ2v) is 7.22. The minimum Gasteiger partial charge on any atom is -0.352 e. The number of halogens is 4. The number of hydrogen-bond acceptors (Lipinski definition) is 3. The molecule has 1 aromatic rings. The highest BCUT2D eigenvalue weighted by atomic mass is 127. The zero-order valence-corrected chi connectivity index (χ0v) is 19.6. The molecule has 162 valence electrons. The van der Waals surface area contributed by atoms with Crippen molar-refractivity contribution in [3.05, 3.63) is 17.0 Å². The van der Waals surface area contributed by atoms with E-state index in [1.54, 1.807) is 14.0 Å². The van der Waals surface area contributed by atoms with Gasteiger partial charge in [0.05, 0.1) is 12.2 Å². The number of guanidine groups is 1. The molecule has 1 fully saturated rings. The Kier molecular flexibility index (Phi) is 9.51. The van der Waals surface area contributed by atoms with E-state index in [0.717, 1.165) is 42.4 Å². The summed E-state index contributed by atoms with van der Waals surface area (Å²) in [7, 11) is 3.66. The van der Waals surface area contributed by atoms with Crippen LogP contribution in [0.5, 0.6) is 0 Å². The van der Waals surface area contributed by atoms with E-state index in [1.165, 1.54) is 4.90 Å². The first-order valence-electron chi connectivity index (χ1n) is 9.38. The van der Waals surface area contributed by atoms with E-state index in [1.807, 2.05) is 25.6 Å². The maximum atomic E-state index is 12.7. The van der Waals surface area contributed by atoms with Crippen molar-refractivity contribution in [2.75, 3.05) is 39.8 Å². The van der Waals surface area contributed by atoms with Crippen LogP contribution in [-0.2, 0) is 13.6 Å². The highest BCUT2D eigenvalue weighted by Crippen LogP contribution is 2.21. The van der Waals surface area contributed by atoms with Crippen molar-refractivity contribution >= 4 is 29.9 Å². The Balaban J connectivity index is 0.00000392. The van der Waals surface area contributed by atoms with Gasteiger partial charge in [-0.3, -0.25) is 14.6 Å². The molecule has 1 saturated heterocycles. The van der Waals surface area contributed by atoms with Crippen molar-refractivity contribution in [2.45, 2.75) is 39.9 Å². The van der Waals surface area contributed by atoms with Crippen molar-refractivity contribution < 1.29 is 13.2 Å². The van der Waals surface area contributed by atoms with Crippen LogP contribution in [0.2, 0.25) is 0 Å². The minimum absolute atomic E-state index is 0. The van der Waals surface area contributed by atoms with Crippen LogP contribution < -0.4 is 5.32 Å². The Morgan fingerprint density at radius 1 is 1.36 bits per heavy atom. The fourth-order valence-corrected chi connectivity index (χ4v) is 3.67. The quantitative estimate of drug-likeness (QED) is 0.359. The smallest absolute Gasteiger partial charge is 0.352 e. The van der Waals surface area contributed by atoms with Gasteiger partial charge in [0.25, 0.3) is 0 Å². The predicted octanol–water partition coefficient (Wildman–Crippen LogP) is 2.94. The Bertz CT molecular complexity index is 658. The summed E-state index contributed by atoms with van der Waals surface area (Å²) in [5.41, 5.74) is 3.25. The number of hydrogen-bond donors (Lipinski definition) is 1. The Hall–Kier alpha value is -1.04. The number of likely N-dealkylation sites (tertiary alicyclic amines) is 1. The summed E-state index contributed by atoms with van der Waals surface area (Å²) in [6, 6.07) is 0. The predicted molar refractivity (Wildman–Crippen MR) is 116 cm³/mol. The molecule has 0 spiro atoms. The normalized spacial score (nSPS) is 18.0. The Labute approximate surface area is 182 Å². The van der Waals surface area contributed by atoms with Gasteiger partial charge in [-0.2, -0.15) is 18.3 Å². The molecule has 1 unspecified atom stereocenters. The van der Waals surface area contributed by atoms with E-state index >= 15 is 0 Å². The van der Waals surface area contributed by atoms with Crippen molar-refractivity contribution in [1.29, 1.82) is 0 Å². The molecule has 10 heteroatoms. The summed E-state index contributed by atoms with van der Waals surface area (Å²) in [6.07, 6.45) is -3.27. The standard InChI is InChI=1S/C18H31F3N6.HI/c1-6-26(12-18(19,20)21)10-15-7-8-27(11-15)17(22-4)23-9-16-13(2)24-25(5)14(16)3;/h15H,6-12H2,1-5H3,(H,22,23);1H. The molecule has 0 saturated carbocycles. The van der Waals surface area contributed by atoms with Crippen LogP contribution in [0.3, 0.4) is 0 Å². The first kappa shape index (κ1) is 25.0. The lowest BCUT2D eigenvalue weighted by atomic mass is 10.1. The number of nitrogens with zero attached hydrogens (tertiary/aromatic N) is 5. The van der Waals surface area contributed by atoms with Crippen LogP contribution >= 0.6 is 24.0 Å². The molecule has 0 aromatic carbocycles. The zero-order chi connectivity index (χ0) is 20.2. The van der Waals surface area contributed by atoms with Gasteiger partial charge in [0.15, 0.2) is 5.96 Å². The topological polar surface area (TPSA) is 48.7 Å². The van der Waals surface area contributed by atoms with Gasteiger partial charge in [-0.1, -0.05) is 6.92 Å². The Morgan fingerprint density at radius 3 is 2.54 bits per heavy atom. The maximum absolute atomic E-state index is 12.7. The largest absolute Gasteiger partial charge is 0.401 e. The highest BCUT2D eigenvalue weighted by Gasteiger charge is 2.33. The molecule has 2 heterocycles. The molecule has 0 radical (unpaired) electrons. The zero-order valence-electron chi connectivity index (χ0n) is 17.3. The number of aromatic nitrogens is 2. The van der Waals surface area contributed by atoms with Crippen LogP contribution in [0, 0.1) is 19.8 Å². The molecular weight excluding hydrogens is 484 g/mol. The van der Waals surface area contributed by atoms with Crippen LogP contribution in [0.25, 0.3) is 0 Å². The maximum Gasteiger partial charge on any atom is 0.401 e. The first-order valence-corrected chi connectivity index (χ1v) is 9.38. The summed E-state index contributed by atoms with van der Waals surface area (Å²) < 4.78 is 39.9. The highest BCUT2D eigenvalue weighted by molar-refractivity contribution is 14.0. The van der Waals surface area contributed by atoms with E-state index in [0.29, 0.717) is 19.6 Å². The van der Waals surface area contributed by atoms with Gasteiger partial charge in [-0.25, -0.2) is 0 Å². The molecular formula is C18H32F3IN6. The van der Waals surface area contributed by atoms with Gasteiger partial charge in [0, 0.05) is 51.5 Å². The lowest BCUT2D eigenvalue weighted by Crippen LogP contribution is -2.41. The summed E-state index contributed by atoms with van der Waals surface area (Å²) >= 11 is 0. The fourth-order valence-electron chi connectivity index (χ4n) is 3.67. The third-order valence-corrected chi connectivity index (χ3v) is 5.25. The number of nitrogens with one attached hydrogen (secondary N) is 1. The van der Waals surface area contributed by atoms with E-state index in [-0.39, 0.29) is 29.9 Å². The lowest BCUT2D eigenvalue weighted by Gasteiger charge is -2.26. The van der Waals surface area contributed by atoms with Gasteiger partial charge in [-0.15, -0.1) is 24.0 Å². The van der Waals surface area contributed by atoms with E-state index < -0.39 is 12.7 Å². The minimum atomic E-state index is -4.15.